The Morgan fingerprint density at radius 1 is 1.25 bits per heavy atom. The van der Waals surface area contributed by atoms with Crippen molar-refractivity contribution in [1.82, 2.24) is 4.57 Å². The lowest BCUT2D eigenvalue weighted by atomic mass is 10.1. The molecule has 0 bridgehead atoms. The van der Waals surface area contributed by atoms with Crippen LogP contribution in [0.15, 0.2) is 47.4 Å². The average molecular weight is 217 g/mol. The SMILES string of the molecule is CCc1ccc(-n2ccccc2=O)c(F)c1. The smallest absolute Gasteiger partial charge is 0.255 e. The summed E-state index contributed by atoms with van der Waals surface area (Å²) in [5, 5.41) is 0. The third kappa shape index (κ3) is 1.89. The van der Waals surface area contributed by atoms with Gasteiger partial charge in [0.25, 0.3) is 5.56 Å². The molecule has 1 heterocycles. The maximum absolute atomic E-state index is 13.7. The van der Waals surface area contributed by atoms with Crippen LogP contribution in [0.3, 0.4) is 0 Å². The van der Waals surface area contributed by atoms with Gasteiger partial charge in [-0.2, -0.15) is 0 Å². The lowest BCUT2D eigenvalue weighted by Crippen LogP contribution is -2.16. The van der Waals surface area contributed by atoms with Gasteiger partial charge in [-0.05, 0) is 30.2 Å². The molecule has 0 aliphatic rings. The fourth-order valence-electron chi connectivity index (χ4n) is 1.59. The molecule has 0 radical (unpaired) electrons. The van der Waals surface area contributed by atoms with E-state index < -0.39 is 0 Å². The van der Waals surface area contributed by atoms with Crippen LogP contribution in [0, 0.1) is 5.82 Å². The number of benzene rings is 1. The normalized spacial score (nSPS) is 10.4. The monoisotopic (exact) mass is 217 g/mol. The summed E-state index contributed by atoms with van der Waals surface area (Å²) in [6, 6.07) is 9.68. The summed E-state index contributed by atoms with van der Waals surface area (Å²) in [7, 11) is 0. The van der Waals surface area contributed by atoms with Crippen molar-refractivity contribution in [2.24, 2.45) is 0 Å². The van der Waals surface area contributed by atoms with E-state index in [0.717, 1.165) is 12.0 Å². The maximum atomic E-state index is 13.7. The summed E-state index contributed by atoms with van der Waals surface area (Å²) in [4.78, 5) is 11.5. The molecule has 2 aromatic rings. The van der Waals surface area contributed by atoms with Crippen molar-refractivity contribution in [3.63, 3.8) is 0 Å². The van der Waals surface area contributed by atoms with Crippen LogP contribution in [0.1, 0.15) is 12.5 Å². The van der Waals surface area contributed by atoms with Gasteiger partial charge in [0.05, 0.1) is 5.69 Å². The Balaban J connectivity index is 2.57. The second-order valence-electron chi connectivity index (χ2n) is 3.55. The van der Waals surface area contributed by atoms with Gasteiger partial charge in [-0.15, -0.1) is 0 Å². The van der Waals surface area contributed by atoms with Gasteiger partial charge >= 0.3 is 0 Å². The van der Waals surface area contributed by atoms with Gasteiger partial charge in [0.2, 0.25) is 0 Å². The van der Waals surface area contributed by atoms with Crippen LogP contribution >= 0.6 is 0 Å². The lowest BCUT2D eigenvalue weighted by Gasteiger charge is -2.07. The molecule has 2 rings (SSSR count). The van der Waals surface area contributed by atoms with E-state index in [0.29, 0.717) is 5.69 Å². The van der Waals surface area contributed by atoms with Crippen molar-refractivity contribution >= 4 is 0 Å². The Labute approximate surface area is 93.0 Å². The van der Waals surface area contributed by atoms with Crippen molar-refractivity contribution in [3.8, 4) is 5.69 Å². The minimum absolute atomic E-state index is 0.231. The van der Waals surface area contributed by atoms with E-state index in [1.54, 1.807) is 24.4 Å². The van der Waals surface area contributed by atoms with Gasteiger partial charge in [0.15, 0.2) is 0 Å². The summed E-state index contributed by atoms with van der Waals surface area (Å²) < 4.78 is 15.0. The van der Waals surface area contributed by atoms with Crippen LogP contribution in [0.2, 0.25) is 0 Å². The molecule has 0 saturated heterocycles. The molecule has 16 heavy (non-hydrogen) atoms. The quantitative estimate of drug-likeness (QED) is 0.757. The molecule has 0 N–H and O–H groups in total. The highest BCUT2D eigenvalue weighted by Gasteiger charge is 2.05. The lowest BCUT2D eigenvalue weighted by molar-refractivity contribution is 0.614. The van der Waals surface area contributed by atoms with Crippen LogP contribution in [-0.2, 0) is 6.42 Å². The maximum Gasteiger partial charge on any atom is 0.255 e. The third-order valence-electron chi connectivity index (χ3n) is 2.50. The molecule has 0 aliphatic heterocycles. The van der Waals surface area contributed by atoms with Gasteiger partial charge in [-0.1, -0.05) is 19.1 Å². The molecule has 0 aliphatic carbocycles. The van der Waals surface area contributed by atoms with E-state index in [1.807, 2.05) is 13.0 Å². The summed E-state index contributed by atoms with van der Waals surface area (Å²) in [6.07, 6.45) is 2.34. The second kappa shape index (κ2) is 4.31. The number of hydrogen-bond acceptors (Lipinski definition) is 1. The minimum Gasteiger partial charge on any atom is -0.281 e. The fourth-order valence-corrected chi connectivity index (χ4v) is 1.59. The van der Waals surface area contributed by atoms with Crippen LogP contribution < -0.4 is 5.56 Å². The Morgan fingerprint density at radius 2 is 2.06 bits per heavy atom. The molecule has 0 unspecified atom stereocenters. The van der Waals surface area contributed by atoms with Crippen LogP contribution in [0.25, 0.3) is 5.69 Å². The predicted molar refractivity (Wildman–Crippen MR) is 61.4 cm³/mol. The Hall–Kier alpha value is -1.90. The number of aromatic nitrogens is 1. The third-order valence-corrected chi connectivity index (χ3v) is 2.50. The molecule has 0 atom stereocenters. The first-order valence-corrected chi connectivity index (χ1v) is 5.19. The van der Waals surface area contributed by atoms with Crippen molar-refractivity contribution < 1.29 is 4.39 Å². The van der Waals surface area contributed by atoms with Crippen LogP contribution in [0.5, 0.6) is 0 Å². The van der Waals surface area contributed by atoms with E-state index in [4.69, 9.17) is 0 Å². The van der Waals surface area contributed by atoms with E-state index in [2.05, 4.69) is 0 Å². The fraction of sp³-hybridized carbons (Fsp3) is 0.154. The molecule has 0 amide bonds. The summed E-state index contributed by atoms with van der Waals surface area (Å²) in [5.74, 6) is -0.368. The number of hydrogen-bond donors (Lipinski definition) is 0. The summed E-state index contributed by atoms with van der Waals surface area (Å²) >= 11 is 0. The van der Waals surface area contributed by atoms with Crippen LogP contribution in [-0.4, -0.2) is 4.57 Å². The Morgan fingerprint density at radius 3 is 2.69 bits per heavy atom. The van der Waals surface area contributed by atoms with Gasteiger partial charge in [0, 0.05) is 12.3 Å². The second-order valence-corrected chi connectivity index (χ2v) is 3.55. The highest BCUT2D eigenvalue weighted by Crippen LogP contribution is 2.13. The first-order chi connectivity index (χ1) is 7.72. The summed E-state index contributed by atoms with van der Waals surface area (Å²) in [5.41, 5.74) is 0.985. The zero-order valence-electron chi connectivity index (χ0n) is 8.98. The molecule has 82 valence electrons. The standard InChI is InChI=1S/C13H12FNO/c1-2-10-6-7-12(11(14)9-10)15-8-4-3-5-13(15)16/h3-9H,2H2,1H3. The molecule has 0 fully saturated rings. The zero-order chi connectivity index (χ0) is 11.5. The first-order valence-electron chi connectivity index (χ1n) is 5.19. The minimum atomic E-state index is -0.368. The largest absolute Gasteiger partial charge is 0.281 e. The van der Waals surface area contributed by atoms with Crippen molar-refractivity contribution in [1.29, 1.82) is 0 Å². The number of aryl methyl sites for hydroxylation is 1. The molecular weight excluding hydrogens is 205 g/mol. The van der Waals surface area contributed by atoms with E-state index >= 15 is 0 Å². The van der Waals surface area contributed by atoms with Crippen molar-refractivity contribution in [2.45, 2.75) is 13.3 Å². The Bertz CT molecular complexity index is 560. The topological polar surface area (TPSA) is 22.0 Å². The number of nitrogens with zero attached hydrogens (tertiary/aromatic N) is 1. The molecule has 0 spiro atoms. The molecule has 0 saturated carbocycles. The average Bonchev–Trinajstić information content (AvgIpc) is 2.30. The highest BCUT2D eigenvalue weighted by molar-refractivity contribution is 5.36. The number of pyridine rings is 1. The van der Waals surface area contributed by atoms with Gasteiger partial charge in [-0.3, -0.25) is 9.36 Å². The van der Waals surface area contributed by atoms with Crippen molar-refractivity contribution in [3.05, 3.63) is 64.3 Å². The van der Waals surface area contributed by atoms with Gasteiger partial charge < -0.3 is 0 Å². The van der Waals surface area contributed by atoms with Gasteiger partial charge in [-0.25, -0.2) is 4.39 Å². The summed E-state index contributed by atoms with van der Waals surface area (Å²) in [6.45, 7) is 1.96. The molecule has 1 aromatic heterocycles. The zero-order valence-corrected chi connectivity index (χ0v) is 8.98. The Kier molecular flexibility index (Phi) is 2.86. The van der Waals surface area contributed by atoms with E-state index in [9.17, 15) is 9.18 Å². The number of rotatable bonds is 2. The van der Waals surface area contributed by atoms with Crippen molar-refractivity contribution in [2.75, 3.05) is 0 Å². The molecule has 3 heteroatoms. The van der Waals surface area contributed by atoms with Crippen LogP contribution in [0.4, 0.5) is 4.39 Å². The predicted octanol–water partition coefficient (Wildman–Crippen LogP) is 2.54. The van der Waals surface area contributed by atoms with E-state index in [-0.39, 0.29) is 11.4 Å². The molecule has 1 aromatic carbocycles. The molecule has 2 nitrogen and oxygen atoms in total. The molecular formula is C13H12FNO. The number of halogens is 1. The van der Waals surface area contributed by atoms with E-state index in [1.165, 1.54) is 16.7 Å². The first kappa shape index (κ1) is 10.6. The van der Waals surface area contributed by atoms with Gasteiger partial charge in [0.1, 0.15) is 5.82 Å². The highest BCUT2D eigenvalue weighted by atomic mass is 19.1.